The van der Waals surface area contributed by atoms with E-state index in [4.69, 9.17) is 20.6 Å². The molecule has 5 rings (SSSR count). The number of nitrogens with zero attached hydrogens (tertiary/aromatic N) is 2. The molecular weight excluding hydrogens is 614 g/mol. The third kappa shape index (κ3) is 9.95. The molecule has 0 spiro atoms. The Bertz CT molecular complexity index is 1800. The number of amides is 1. The minimum atomic E-state index is -1.35. The van der Waals surface area contributed by atoms with E-state index >= 15 is 0 Å². The van der Waals surface area contributed by atoms with Gasteiger partial charge < -0.3 is 15.6 Å². The van der Waals surface area contributed by atoms with Crippen molar-refractivity contribution in [1.82, 2.24) is 4.98 Å². The van der Waals surface area contributed by atoms with E-state index in [9.17, 15) is 14.4 Å². The fourth-order valence-corrected chi connectivity index (χ4v) is 5.80. The van der Waals surface area contributed by atoms with Gasteiger partial charge in [-0.2, -0.15) is 4.99 Å². The molecule has 1 heterocycles. The first kappa shape index (κ1) is 38.3. The lowest BCUT2D eigenvalue weighted by atomic mass is 9.96. The topological polar surface area (TPSA) is 132 Å². The molecule has 0 bridgehead atoms. The average Bonchev–Trinajstić information content (AvgIpc) is 3.48. The minimum Gasteiger partial charge on any atom is -0.483 e. The lowest BCUT2D eigenvalue weighted by Crippen LogP contribution is -2.20. The summed E-state index contributed by atoms with van der Waals surface area (Å²) in [4.78, 5) is 45.5. The molecule has 1 fully saturated rings. The number of aliphatic imine (C=N–C) groups is 1. The van der Waals surface area contributed by atoms with Gasteiger partial charge in [0.2, 0.25) is 0 Å². The van der Waals surface area contributed by atoms with Crippen LogP contribution in [0.2, 0.25) is 0 Å². The number of carboxylic acid groups (broad SMARTS) is 1. The van der Waals surface area contributed by atoms with Crippen LogP contribution in [0.3, 0.4) is 0 Å². The van der Waals surface area contributed by atoms with Gasteiger partial charge >= 0.3 is 6.09 Å². The Hall–Kier alpha value is -5.11. The van der Waals surface area contributed by atoms with Crippen molar-refractivity contribution >= 4 is 17.7 Å². The molecule has 1 saturated carbocycles. The van der Waals surface area contributed by atoms with Crippen LogP contribution in [0, 0.1) is 0 Å². The molecule has 1 amide bonds. The van der Waals surface area contributed by atoms with E-state index in [1.165, 1.54) is 0 Å². The van der Waals surface area contributed by atoms with Crippen LogP contribution in [-0.4, -0.2) is 33.9 Å². The summed E-state index contributed by atoms with van der Waals surface area (Å²) in [5, 5.41) is 9.05. The van der Waals surface area contributed by atoms with Gasteiger partial charge in [0.1, 0.15) is 11.6 Å². The predicted octanol–water partition coefficient (Wildman–Crippen LogP) is 8.82. The Morgan fingerprint density at radius 3 is 2.12 bits per heavy atom. The molecule has 8 nitrogen and oxygen atoms in total. The van der Waals surface area contributed by atoms with Crippen LogP contribution in [0.1, 0.15) is 95.3 Å². The molecule has 1 aliphatic carbocycles. The molecule has 258 valence electrons. The highest BCUT2D eigenvalue weighted by molar-refractivity contribution is 6.07. The molecule has 4 aromatic rings. The van der Waals surface area contributed by atoms with Crippen molar-refractivity contribution in [3.05, 3.63) is 117 Å². The molecule has 1 aromatic heterocycles. The van der Waals surface area contributed by atoms with Crippen LogP contribution in [0.5, 0.6) is 5.75 Å². The second-order valence-electron chi connectivity index (χ2n) is 11.2. The highest BCUT2D eigenvalue weighted by Crippen LogP contribution is 2.28. The second kappa shape index (κ2) is 19.0. The molecule has 3 N–H and O–H groups in total. The van der Waals surface area contributed by atoms with Gasteiger partial charge in [0.15, 0.2) is 17.3 Å². The SMILES string of the molecule is CC.CC.CCCc1nc(CC)c(-c2ccc(OC3CCCC3=O)cc2)cc(=O)c1Cc1ccc(-c2ccccc2/C(N)=N/C(=O)O)cc1. The molecule has 0 saturated heterocycles. The van der Waals surface area contributed by atoms with Crippen LogP contribution in [0.15, 0.2) is 88.6 Å². The number of hydrogen-bond donors (Lipinski definition) is 2. The predicted molar refractivity (Wildman–Crippen MR) is 199 cm³/mol. The van der Waals surface area contributed by atoms with Gasteiger partial charge in [-0.15, -0.1) is 0 Å². The number of hydrogen-bond acceptors (Lipinski definition) is 5. The number of aryl methyl sites for hydroxylation is 2. The average molecular weight is 664 g/mol. The summed E-state index contributed by atoms with van der Waals surface area (Å²) in [6.07, 6.45) is 3.06. The molecule has 49 heavy (non-hydrogen) atoms. The van der Waals surface area contributed by atoms with Gasteiger partial charge in [-0.1, -0.05) is 109 Å². The Labute approximate surface area is 290 Å². The standard InChI is InChI=1S/C37H37N3O5.2C2H6/c1-3-8-32-30(21-23-13-15-24(16-14-23)27-9-5-6-10-28(27)36(38)40-37(43)44)34(42)22-29(31(4-2)39-32)25-17-19-26(20-18-25)45-35-12-7-11-33(35)41;2*1-2/h5-6,9-10,13-20,22,35H,3-4,7-8,11-12,21H2,1-2H3,(H2,38,40)(H,43,44);2*1-2H3. The number of Topliss-reactive ketones (excluding diaryl/α,β-unsaturated/α-hetero) is 1. The Morgan fingerprint density at radius 2 is 1.53 bits per heavy atom. The number of rotatable bonds is 10. The van der Waals surface area contributed by atoms with Gasteiger partial charge in [-0.25, -0.2) is 4.79 Å². The number of benzene rings is 3. The number of ketones is 1. The first-order valence-electron chi connectivity index (χ1n) is 17.4. The van der Waals surface area contributed by atoms with Crippen LogP contribution in [0.4, 0.5) is 4.79 Å². The van der Waals surface area contributed by atoms with E-state index in [-0.39, 0.29) is 23.2 Å². The summed E-state index contributed by atoms with van der Waals surface area (Å²) in [5.74, 6) is 0.717. The van der Waals surface area contributed by atoms with E-state index in [1.807, 2.05) is 95.3 Å². The Balaban J connectivity index is 0.00000157. The molecule has 0 radical (unpaired) electrons. The van der Waals surface area contributed by atoms with Crippen LogP contribution < -0.4 is 15.9 Å². The molecule has 8 heteroatoms. The fourth-order valence-electron chi connectivity index (χ4n) is 5.80. The zero-order chi connectivity index (χ0) is 35.9. The Morgan fingerprint density at radius 1 is 0.898 bits per heavy atom. The van der Waals surface area contributed by atoms with Gasteiger partial charge in [-0.3, -0.25) is 14.6 Å². The third-order valence-corrected chi connectivity index (χ3v) is 8.08. The molecule has 0 aliphatic heterocycles. The van der Waals surface area contributed by atoms with Crippen LogP contribution >= 0.6 is 0 Å². The number of nitrogens with two attached hydrogens (primary N) is 1. The van der Waals surface area contributed by atoms with Crippen molar-refractivity contribution in [1.29, 1.82) is 0 Å². The van der Waals surface area contributed by atoms with Crippen molar-refractivity contribution in [2.45, 2.75) is 92.6 Å². The van der Waals surface area contributed by atoms with Crippen molar-refractivity contribution in [3.8, 4) is 28.0 Å². The summed E-state index contributed by atoms with van der Waals surface area (Å²) in [5.41, 5.74) is 13.0. The lowest BCUT2D eigenvalue weighted by molar-refractivity contribution is -0.123. The molecular formula is C41H49N3O5. The molecule has 3 aromatic carbocycles. The van der Waals surface area contributed by atoms with E-state index in [2.05, 4.69) is 11.9 Å². The fraction of sp³-hybridized carbons (Fsp3) is 0.341. The van der Waals surface area contributed by atoms with Gasteiger partial charge in [-0.05, 0) is 66.1 Å². The monoisotopic (exact) mass is 663 g/mol. The number of aromatic nitrogens is 1. The van der Waals surface area contributed by atoms with Crippen molar-refractivity contribution in [2.75, 3.05) is 0 Å². The highest BCUT2D eigenvalue weighted by Gasteiger charge is 2.26. The number of amidine groups is 1. The lowest BCUT2D eigenvalue weighted by Gasteiger charge is -2.12. The van der Waals surface area contributed by atoms with E-state index in [0.717, 1.165) is 58.5 Å². The molecule has 1 aliphatic rings. The van der Waals surface area contributed by atoms with Gasteiger partial charge in [0.25, 0.3) is 0 Å². The second-order valence-corrected chi connectivity index (χ2v) is 11.2. The molecule has 1 unspecified atom stereocenters. The van der Waals surface area contributed by atoms with E-state index in [1.54, 1.807) is 18.2 Å². The Kier molecular flexibility index (Phi) is 14.9. The highest BCUT2D eigenvalue weighted by atomic mass is 16.5. The summed E-state index contributed by atoms with van der Waals surface area (Å²) in [6, 6.07) is 24.3. The zero-order valence-electron chi connectivity index (χ0n) is 29.6. The maximum atomic E-state index is 13.8. The first-order valence-corrected chi connectivity index (χ1v) is 17.4. The summed E-state index contributed by atoms with van der Waals surface area (Å²) in [6.45, 7) is 12.1. The quantitative estimate of drug-likeness (QED) is 0.128. The first-order chi connectivity index (χ1) is 23.8. The van der Waals surface area contributed by atoms with Crippen molar-refractivity contribution in [3.63, 3.8) is 0 Å². The van der Waals surface area contributed by atoms with Gasteiger partial charge in [0.05, 0.1) is 0 Å². The third-order valence-electron chi connectivity index (χ3n) is 8.08. The summed E-state index contributed by atoms with van der Waals surface area (Å²) >= 11 is 0. The largest absolute Gasteiger partial charge is 0.483 e. The maximum Gasteiger partial charge on any atom is 0.433 e. The molecule has 1 atom stereocenters. The van der Waals surface area contributed by atoms with Crippen molar-refractivity contribution in [2.24, 2.45) is 10.7 Å². The smallest absolute Gasteiger partial charge is 0.433 e. The summed E-state index contributed by atoms with van der Waals surface area (Å²) in [7, 11) is 0. The normalized spacial score (nSPS) is 13.9. The van der Waals surface area contributed by atoms with Crippen molar-refractivity contribution < 1.29 is 19.4 Å². The van der Waals surface area contributed by atoms with Crippen LogP contribution in [-0.2, 0) is 24.1 Å². The van der Waals surface area contributed by atoms with E-state index in [0.29, 0.717) is 42.6 Å². The van der Waals surface area contributed by atoms with Gasteiger partial charge in [0, 0.05) is 40.9 Å². The number of ether oxygens (including phenoxy) is 1. The maximum absolute atomic E-state index is 13.8. The summed E-state index contributed by atoms with van der Waals surface area (Å²) < 4.78 is 5.92. The zero-order valence-corrected chi connectivity index (χ0v) is 29.6. The number of carbonyl (C=O) groups is 2. The minimum absolute atomic E-state index is 0.0652. The van der Waals surface area contributed by atoms with E-state index < -0.39 is 6.09 Å². The van der Waals surface area contributed by atoms with Crippen LogP contribution in [0.25, 0.3) is 22.3 Å². The number of carbonyl (C=O) groups excluding carboxylic acids is 1.